The van der Waals surface area contributed by atoms with Gasteiger partial charge in [0.1, 0.15) is 5.82 Å². The molecule has 0 saturated heterocycles. The summed E-state index contributed by atoms with van der Waals surface area (Å²) in [7, 11) is 1.78. The third-order valence-electron chi connectivity index (χ3n) is 5.08. The fourth-order valence-corrected chi connectivity index (χ4v) is 4.41. The molecule has 4 nitrogen and oxygen atoms in total. The topological polar surface area (TPSA) is 50.3 Å². The summed E-state index contributed by atoms with van der Waals surface area (Å²) in [6, 6.07) is 11.3. The number of hydrogen-bond donors (Lipinski definition) is 0. The first-order valence-electron chi connectivity index (χ1n) is 9.80. The molecule has 1 aliphatic heterocycles. The van der Waals surface area contributed by atoms with Crippen LogP contribution in [0.2, 0.25) is 0 Å². The maximum atomic E-state index is 11.6. The van der Waals surface area contributed by atoms with E-state index in [1.165, 1.54) is 38.5 Å². The maximum Gasteiger partial charge on any atom is 0.261 e. The number of pyridine rings is 1. The van der Waals surface area contributed by atoms with Crippen LogP contribution in [0.4, 0.5) is 11.5 Å². The zero-order valence-corrected chi connectivity index (χ0v) is 17.4. The van der Waals surface area contributed by atoms with Gasteiger partial charge in [-0.25, -0.2) is 13.4 Å². The van der Waals surface area contributed by atoms with E-state index in [1.807, 2.05) is 12.1 Å². The van der Waals surface area contributed by atoms with E-state index >= 15 is 0 Å². The number of aryl methyl sites for hydroxylation is 1. The summed E-state index contributed by atoms with van der Waals surface area (Å²) in [5.74, 6) is 0.929. The van der Waals surface area contributed by atoms with Crippen LogP contribution < -0.4 is 4.90 Å². The van der Waals surface area contributed by atoms with Gasteiger partial charge in [0.15, 0.2) is 0 Å². The summed E-state index contributed by atoms with van der Waals surface area (Å²) >= 11 is 0. The summed E-state index contributed by atoms with van der Waals surface area (Å²) in [6.07, 6.45) is 9.46. The highest BCUT2D eigenvalue weighted by atomic mass is 35.7. The third kappa shape index (κ3) is 5.23. The lowest BCUT2D eigenvalue weighted by Crippen LogP contribution is -2.15. The summed E-state index contributed by atoms with van der Waals surface area (Å²) in [4.78, 5) is 7.16. The molecule has 0 unspecified atom stereocenters. The Bertz CT molecular complexity index is 884. The zero-order chi connectivity index (χ0) is 19.3. The first kappa shape index (κ1) is 20.2. The molecule has 0 fully saturated rings. The SMILES string of the molecule is CCCCCCCCc1cccc(N2CCc3cc(S(=O)(=O)Cl)ccc32)n1. The van der Waals surface area contributed by atoms with Crippen LogP contribution in [0.5, 0.6) is 0 Å². The maximum absolute atomic E-state index is 11.6. The van der Waals surface area contributed by atoms with Crippen molar-refractivity contribution in [2.45, 2.75) is 63.2 Å². The van der Waals surface area contributed by atoms with Crippen molar-refractivity contribution < 1.29 is 8.42 Å². The highest BCUT2D eigenvalue weighted by molar-refractivity contribution is 8.13. The Kier molecular flexibility index (Phi) is 6.77. The minimum absolute atomic E-state index is 0.162. The minimum atomic E-state index is -3.69. The second-order valence-electron chi connectivity index (χ2n) is 7.13. The van der Waals surface area contributed by atoms with E-state index in [9.17, 15) is 8.42 Å². The van der Waals surface area contributed by atoms with E-state index in [0.29, 0.717) is 0 Å². The van der Waals surface area contributed by atoms with Crippen LogP contribution in [0.3, 0.4) is 0 Å². The van der Waals surface area contributed by atoms with Crippen molar-refractivity contribution in [3.63, 3.8) is 0 Å². The number of rotatable bonds is 9. The molecule has 0 atom stereocenters. The Morgan fingerprint density at radius 1 is 1.07 bits per heavy atom. The molecule has 146 valence electrons. The van der Waals surface area contributed by atoms with Gasteiger partial charge in [0.05, 0.1) is 4.90 Å². The fraction of sp³-hybridized carbons (Fsp3) is 0.476. The van der Waals surface area contributed by atoms with Gasteiger partial charge < -0.3 is 4.90 Å². The van der Waals surface area contributed by atoms with E-state index < -0.39 is 9.05 Å². The normalized spacial score (nSPS) is 13.8. The van der Waals surface area contributed by atoms with Crippen LogP contribution in [0.15, 0.2) is 41.3 Å². The lowest BCUT2D eigenvalue weighted by atomic mass is 10.1. The molecule has 1 aliphatic rings. The largest absolute Gasteiger partial charge is 0.326 e. The smallest absolute Gasteiger partial charge is 0.261 e. The number of unbranched alkanes of at least 4 members (excludes halogenated alkanes) is 5. The monoisotopic (exact) mass is 406 g/mol. The van der Waals surface area contributed by atoms with Crippen LogP contribution in [0.25, 0.3) is 0 Å². The first-order valence-corrected chi connectivity index (χ1v) is 12.1. The number of nitrogens with zero attached hydrogens (tertiary/aromatic N) is 2. The lowest BCUT2D eigenvalue weighted by molar-refractivity contribution is 0.604. The number of fused-ring (bicyclic) bond motifs is 1. The minimum Gasteiger partial charge on any atom is -0.326 e. The van der Waals surface area contributed by atoms with Crippen LogP contribution in [0, 0.1) is 0 Å². The highest BCUT2D eigenvalue weighted by Gasteiger charge is 2.23. The number of benzene rings is 1. The highest BCUT2D eigenvalue weighted by Crippen LogP contribution is 2.35. The van der Waals surface area contributed by atoms with Crippen LogP contribution in [0.1, 0.15) is 56.7 Å². The standard InChI is InChI=1S/C21H27ClN2O2S/c1-2-3-4-5-6-7-9-18-10-8-11-21(23-18)24-15-14-17-16-19(27(22,25)26)12-13-20(17)24/h8,10-13,16H,2-7,9,14-15H2,1H3. The summed E-state index contributed by atoms with van der Waals surface area (Å²) in [5, 5.41) is 0. The summed E-state index contributed by atoms with van der Waals surface area (Å²) < 4.78 is 23.1. The van der Waals surface area contributed by atoms with Crippen molar-refractivity contribution in [3.8, 4) is 0 Å². The molecule has 0 aliphatic carbocycles. The third-order valence-corrected chi connectivity index (χ3v) is 6.43. The van der Waals surface area contributed by atoms with Crippen molar-refractivity contribution in [2.24, 2.45) is 0 Å². The average molecular weight is 407 g/mol. The predicted molar refractivity (Wildman–Crippen MR) is 112 cm³/mol. The second-order valence-corrected chi connectivity index (χ2v) is 9.70. The Morgan fingerprint density at radius 2 is 1.85 bits per heavy atom. The molecule has 2 aromatic rings. The van der Waals surface area contributed by atoms with Gasteiger partial charge in [-0.05, 0) is 55.2 Å². The quantitative estimate of drug-likeness (QED) is 0.401. The van der Waals surface area contributed by atoms with Crippen LogP contribution in [-0.2, 0) is 21.9 Å². The molecular formula is C21H27ClN2O2S. The van der Waals surface area contributed by atoms with Gasteiger partial charge in [-0.3, -0.25) is 0 Å². The zero-order valence-electron chi connectivity index (χ0n) is 15.8. The lowest BCUT2D eigenvalue weighted by Gasteiger charge is -2.19. The van der Waals surface area contributed by atoms with Crippen molar-refractivity contribution in [3.05, 3.63) is 47.7 Å². The van der Waals surface area contributed by atoms with Crippen molar-refractivity contribution in [1.29, 1.82) is 0 Å². The summed E-state index contributed by atoms with van der Waals surface area (Å²) in [6.45, 7) is 3.04. The fourth-order valence-electron chi connectivity index (χ4n) is 3.61. The molecular weight excluding hydrogens is 380 g/mol. The van der Waals surface area contributed by atoms with Crippen molar-refractivity contribution in [1.82, 2.24) is 4.98 Å². The molecule has 0 N–H and O–H groups in total. The molecule has 0 amide bonds. The van der Waals surface area contributed by atoms with Crippen LogP contribution in [-0.4, -0.2) is 19.9 Å². The van der Waals surface area contributed by atoms with Crippen molar-refractivity contribution in [2.75, 3.05) is 11.4 Å². The van der Waals surface area contributed by atoms with E-state index in [0.717, 1.165) is 42.1 Å². The van der Waals surface area contributed by atoms with E-state index in [-0.39, 0.29) is 4.90 Å². The Labute approximate surface area is 167 Å². The predicted octanol–water partition coefficient (Wildman–Crippen LogP) is 5.61. The van der Waals surface area contributed by atoms with Gasteiger partial charge in [0, 0.05) is 28.6 Å². The molecule has 0 radical (unpaired) electrons. The number of hydrogen-bond acceptors (Lipinski definition) is 4. The van der Waals surface area contributed by atoms with Gasteiger partial charge in [-0.2, -0.15) is 0 Å². The van der Waals surface area contributed by atoms with Gasteiger partial charge in [0.25, 0.3) is 9.05 Å². The molecule has 3 rings (SSSR count). The number of aromatic nitrogens is 1. The Balaban J connectivity index is 1.67. The average Bonchev–Trinajstić information content (AvgIpc) is 3.07. The first-order chi connectivity index (χ1) is 13.0. The van der Waals surface area contributed by atoms with E-state index in [2.05, 4.69) is 24.0 Å². The molecule has 0 saturated carbocycles. The molecule has 6 heteroatoms. The number of halogens is 1. The Morgan fingerprint density at radius 3 is 2.63 bits per heavy atom. The molecule has 27 heavy (non-hydrogen) atoms. The molecule has 0 bridgehead atoms. The summed E-state index contributed by atoms with van der Waals surface area (Å²) in [5.41, 5.74) is 3.14. The van der Waals surface area contributed by atoms with E-state index in [4.69, 9.17) is 15.7 Å². The van der Waals surface area contributed by atoms with Gasteiger partial charge >= 0.3 is 0 Å². The molecule has 1 aromatic carbocycles. The van der Waals surface area contributed by atoms with E-state index in [1.54, 1.807) is 12.1 Å². The Hall–Kier alpha value is -1.59. The van der Waals surface area contributed by atoms with Crippen molar-refractivity contribution >= 4 is 31.2 Å². The number of anilines is 2. The molecule has 2 heterocycles. The molecule has 1 aromatic heterocycles. The molecule has 0 spiro atoms. The van der Waals surface area contributed by atoms with Gasteiger partial charge in [-0.15, -0.1) is 0 Å². The van der Waals surface area contributed by atoms with Gasteiger partial charge in [0.2, 0.25) is 0 Å². The van der Waals surface area contributed by atoms with Gasteiger partial charge in [-0.1, -0.05) is 45.1 Å². The van der Waals surface area contributed by atoms with Crippen LogP contribution >= 0.6 is 10.7 Å². The second kappa shape index (κ2) is 9.07.